The lowest BCUT2D eigenvalue weighted by Gasteiger charge is -2.17. The van der Waals surface area contributed by atoms with Crippen LogP contribution in [0.4, 0.5) is 0 Å². The van der Waals surface area contributed by atoms with Crippen LogP contribution < -0.4 is 10.2 Å². The molecule has 1 saturated carbocycles. The van der Waals surface area contributed by atoms with Crippen molar-refractivity contribution in [1.82, 2.24) is 5.48 Å². The van der Waals surface area contributed by atoms with Crippen molar-refractivity contribution in [2.24, 2.45) is 5.92 Å². The quantitative estimate of drug-likeness (QED) is 0.802. The molecule has 0 aliphatic heterocycles. The molecule has 1 aromatic rings. The summed E-state index contributed by atoms with van der Waals surface area (Å²) in [5.41, 5.74) is 4.73. The van der Waals surface area contributed by atoms with E-state index in [-0.39, 0.29) is 11.8 Å². The van der Waals surface area contributed by atoms with Crippen LogP contribution in [0.1, 0.15) is 36.3 Å². The van der Waals surface area contributed by atoms with Gasteiger partial charge in [-0.15, -0.1) is 0 Å². The van der Waals surface area contributed by atoms with Crippen molar-refractivity contribution in [2.75, 3.05) is 14.2 Å². The molecule has 1 aliphatic rings. The average molecular weight is 263 g/mol. The van der Waals surface area contributed by atoms with Gasteiger partial charge in [0.15, 0.2) is 0 Å². The van der Waals surface area contributed by atoms with Crippen molar-refractivity contribution in [3.8, 4) is 5.75 Å². The molecule has 0 spiro atoms. The number of nitrogens with one attached hydrogen (secondary N) is 1. The van der Waals surface area contributed by atoms with E-state index in [0.717, 1.165) is 11.3 Å². The van der Waals surface area contributed by atoms with Gasteiger partial charge in [0.05, 0.1) is 14.2 Å². The zero-order chi connectivity index (χ0) is 13.8. The van der Waals surface area contributed by atoms with E-state index in [1.807, 2.05) is 13.0 Å². The summed E-state index contributed by atoms with van der Waals surface area (Å²) in [6.45, 7) is 2.03. The molecule has 1 aromatic carbocycles. The first-order valence-corrected chi connectivity index (χ1v) is 6.62. The third-order valence-electron chi connectivity index (χ3n) is 3.66. The topological polar surface area (TPSA) is 47.6 Å². The monoisotopic (exact) mass is 263 g/mol. The van der Waals surface area contributed by atoms with Crippen LogP contribution in [0.5, 0.6) is 5.75 Å². The van der Waals surface area contributed by atoms with E-state index in [9.17, 15) is 4.79 Å². The van der Waals surface area contributed by atoms with Gasteiger partial charge in [0, 0.05) is 6.42 Å². The number of carbonyl (C=O) groups is 1. The lowest BCUT2D eigenvalue weighted by Crippen LogP contribution is -2.24. The van der Waals surface area contributed by atoms with Crippen molar-refractivity contribution >= 4 is 5.91 Å². The second kappa shape index (κ2) is 6.06. The van der Waals surface area contributed by atoms with Crippen LogP contribution in [0, 0.1) is 12.8 Å². The van der Waals surface area contributed by atoms with E-state index in [1.165, 1.54) is 25.5 Å². The van der Waals surface area contributed by atoms with Crippen LogP contribution in [0.2, 0.25) is 0 Å². The maximum absolute atomic E-state index is 11.7. The number of hydrogen-bond acceptors (Lipinski definition) is 3. The predicted octanol–water partition coefficient (Wildman–Crippen LogP) is 2.56. The molecular formula is C15H21NO3. The second-order valence-corrected chi connectivity index (χ2v) is 5.11. The minimum Gasteiger partial charge on any atom is -0.496 e. The van der Waals surface area contributed by atoms with Gasteiger partial charge in [-0.05, 0) is 48.8 Å². The highest BCUT2D eigenvalue weighted by molar-refractivity contribution is 5.76. The normalized spacial score (nSPS) is 15.9. The largest absolute Gasteiger partial charge is 0.496 e. The van der Waals surface area contributed by atoms with Crippen LogP contribution in [-0.4, -0.2) is 20.1 Å². The predicted molar refractivity (Wildman–Crippen MR) is 73.0 cm³/mol. The Morgan fingerprint density at radius 1 is 1.42 bits per heavy atom. The zero-order valence-corrected chi connectivity index (χ0v) is 11.7. The number of rotatable bonds is 6. The minimum atomic E-state index is -0.0622. The van der Waals surface area contributed by atoms with Gasteiger partial charge in [0.25, 0.3) is 0 Å². The number of amides is 1. The van der Waals surface area contributed by atoms with E-state index < -0.39 is 0 Å². The molecule has 4 heteroatoms. The first-order valence-electron chi connectivity index (χ1n) is 6.62. The summed E-state index contributed by atoms with van der Waals surface area (Å²) in [5, 5.41) is 0. The average Bonchev–Trinajstić information content (AvgIpc) is 3.20. The second-order valence-electron chi connectivity index (χ2n) is 5.11. The van der Waals surface area contributed by atoms with Crippen molar-refractivity contribution in [1.29, 1.82) is 0 Å². The van der Waals surface area contributed by atoms with Gasteiger partial charge in [-0.2, -0.15) is 0 Å². The Morgan fingerprint density at radius 3 is 2.68 bits per heavy atom. The molecule has 0 bridgehead atoms. The Hall–Kier alpha value is -1.55. The van der Waals surface area contributed by atoms with E-state index in [0.29, 0.717) is 12.3 Å². The van der Waals surface area contributed by atoms with Crippen LogP contribution >= 0.6 is 0 Å². The van der Waals surface area contributed by atoms with E-state index in [4.69, 9.17) is 4.74 Å². The molecule has 4 nitrogen and oxygen atoms in total. The summed E-state index contributed by atoms with van der Waals surface area (Å²) >= 11 is 0. The molecule has 1 fully saturated rings. The first kappa shape index (κ1) is 13.9. The minimum absolute atomic E-state index is 0.0622. The molecule has 0 heterocycles. The highest BCUT2D eigenvalue weighted by atomic mass is 16.6. The van der Waals surface area contributed by atoms with Crippen molar-refractivity contribution < 1.29 is 14.4 Å². The van der Waals surface area contributed by atoms with Gasteiger partial charge in [-0.25, -0.2) is 5.48 Å². The van der Waals surface area contributed by atoms with Gasteiger partial charge >= 0.3 is 0 Å². The van der Waals surface area contributed by atoms with Crippen LogP contribution in [0.15, 0.2) is 18.2 Å². The molecule has 1 unspecified atom stereocenters. The van der Waals surface area contributed by atoms with Gasteiger partial charge in [-0.1, -0.05) is 12.1 Å². The Labute approximate surface area is 114 Å². The molecule has 0 saturated heterocycles. The molecule has 0 radical (unpaired) electrons. The highest BCUT2D eigenvalue weighted by Crippen LogP contribution is 2.45. The summed E-state index contributed by atoms with van der Waals surface area (Å²) in [7, 11) is 3.13. The SMILES string of the molecule is CONC(=O)CC(c1ccc(OC)c(C)c1)C1CC1. The van der Waals surface area contributed by atoms with Gasteiger partial charge in [-0.3, -0.25) is 9.63 Å². The van der Waals surface area contributed by atoms with E-state index in [2.05, 4.69) is 22.5 Å². The lowest BCUT2D eigenvalue weighted by atomic mass is 9.89. The first-order chi connectivity index (χ1) is 9.15. The number of carbonyl (C=O) groups excluding carboxylic acids is 1. The fourth-order valence-corrected chi connectivity index (χ4v) is 2.54. The number of benzene rings is 1. The van der Waals surface area contributed by atoms with E-state index in [1.54, 1.807) is 7.11 Å². The summed E-state index contributed by atoms with van der Waals surface area (Å²) in [6.07, 6.45) is 2.89. The molecular weight excluding hydrogens is 242 g/mol. The Morgan fingerprint density at radius 2 is 2.16 bits per heavy atom. The molecule has 19 heavy (non-hydrogen) atoms. The van der Waals surface area contributed by atoms with Gasteiger partial charge in [0.1, 0.15) is 5.75 Å². The van der Waals surface area contributed by atoms with Crippen molar-refractivity contribution in [3.05, 3.63) is 29.3 Å². The number of ether oxygens (including phenoxy) is 1. The molecule has 0 aromatic heterocycles. The molecule has 1 aliphatic carbocycles. The summed E-state index contributed by atoms with van der Waals surface area (Å²) < 4.78 is 5.28. The maximum atomic E-state index is 11.7. The molecule has 1 N–H and O–H groups in total. The number of aryl methyl sites for hydroxylation is 1. The highest BCUT2D eigenvalue weighted by Gasteiger charge is 2.33. The summed E-state index contributed by atoms with van der Waals surface area (Å²) in [6, 6.07) is 6.17. The number of hydroxylamine groups is 1. The van der Waals surface area contributed by atoms with Gasteiger partial charge in [0.2, 0.25) is 5.91 Å². The summed E-state index contributed by atoms with van der Waals surface area (Å²) in [5.74, 6) is 1.72. The third-order valence-corrected chi connectivity index (χ3v) is 3.66. The Bertz CT molecular complexity index is 455. The van der Waals surface area contributed by atoms with Crippen molar-refractivity contribution in [3.63, 3.8) is 0 Å². The number of hydrogen-bond donors (Lipinski definition) is 1. The standard InChI is InChI=1S/C15H21NO3/c1-10-8-12(6-7-14(10)18-2)13(11-4-5-11)9-15(17)16-19-3/h6-8,11,13H,4-5,9H2,1-3H3,(H,16,17). The van der Waals surface area contributed by atoms with Crippen LogP contribution in [0.25, 0.3) is 0 Å². The van der Waals surface area contributed by atoms with E-state index >= 15 is 0 Å². The van der Waals surface area contributed by atoms with Crippen LogP contribution in [-0.2, 0) is 9.63 Å². The Kier molecular flexibility index (Phi) is 4.43. The molecule has 1 amide bonds. The van der Waals surface area contributed by atoms with Crippen LogP contribution in [0.3, 0.4) is 0 Å². The fourth-order valence-electron chi connectivity index (χ4n) is 2.54. The fraction of sp³-hybridized carbons (Fsp3) is 0.533. The van der Waals surface area contributed by atoms with Crippen molar-refractivity contribution in [2.45, 2.75) is 32.1 Å². The maximum Gasteiger partial charge on any atom is 0.244 e. The zero-order valence-electron chi connectivity index (χ0n) is 11.7. The number of methoxy groups -OCH3 is 1. The smallest absolute Gasteiger partial charge is 0.244 e. The Balaban J connectivity index is 2.14. The molecule has 104 valence electrons. The lowest BCUT2D eigenvalue weighted by molar-refractivity contribution is -0.131. The third kappa shape index (κ3) is 3.47. The molecule has 1 atom stereocenters. The summed E-state index contributed by atoms with van der Waals surface area (Å²) in [4.78, 5) is 16.4. The molecule has 2 rings (SSSR count). The van der Waals surface area contributed by atoms with Gasteiger partial charge < -0.3 is 4.74 Å².